The van der Waals surface area contributed by atoms with Gasteiger partial charge in [-0.2, -0.15) is 0 Å². The average molecular weight is 561 g/mol. The van der Waals surface area contributed by atoms with Crippen LogP contribution >= 0.6 is 57.6 Å². The molecule has 4 rings (SSSR count). The van der Waals surface area contributed by atoms with Crippen LogP contribution in [0.5, 0.6) is 0 Å². The number of nitrogens with one attached hydrogen (secondary N) is 1. The Morgan fingerprint density at radius 3 is 2.74 bits per heavy atom. The van der Waals surface area contributed by atoms with E-state index in [1.54, 1.807) is 12.2 Å². The van der Waals surface area contributed by atoms with Crippen LogP contribution in [0.2, 0.25) is 9.62 Å². The molecular formula is C18H14Cl2N6O5S3. The largest absolute Gasteiger partial charge is 0.477 e. The number of rotatable bonds is 7. The number of hydrogen-bond acceptors (Lipinski definition) is 11. The van der Waals surface area contributed by atoms with Gasteiger partial charge in [-0.15, -0.1) is 34.4 Å². The van der Waals surface area contributed by atoms with Crippen LogP contribution in [0, 0.1) is 0 Å². The van der Waals surface area contributed by atoms with Gasteiger partial charge in [0.05, 0.1) is 4.88 Å². The van der Waals surface area contributed by atoms with Gasteiger partial charge in [0.25, 0.3) is 11.8 Å². The van der Waals surface area contributed by atoms with Gasteiger partial charge in [0.2, 0.25) is 0 Å². The van der Waals surface area contributed by atoms with Crippen LogP contribution in [0.4, 0.5) is 5.13 Å². The number of carboxylic acid groups (broad SMARTS) is 1. The van der Waals surface area contributed by atoms with Crippen molar-refractivity contribution in [1.82, 2.24) is 20.2 Å². The summed E-state index contributed by atoms with van der Waals surface area (Å²) < 4.78 is 0.253. The number of carbonyl (C=O) groups is 3. The Kier molecular flexibility index (Phi) is 7.14. The van der Waals surface area contributed by atoms with Crippen molar-refractivity contribution in [2.75, 3.05) is 18.6 Å². The minimum Gasteiger partial charge on any atom is -0.477 e. The normalized spacial score (nSPS) is 20.4. The Morgan fingerprint density at radius 2 is 2.15 bits per heavy atom. The molecular weight excluding hydrogens is 547 g/mol. The van der Waals surface area contributed by atoms with Crippen LogP contribution in [-0.2, 0) is 19.2 Å². The van der Waals surface area contributed by atoms with Crippen LogP contribution in [0.25, 0.3) is 6.08 Å². The molecule has 4 N–H and O–H groups in total. The highest BCUT2D eigenvalue weighted by atomic mass is 35.5. The van der Waals surface area contributed by atoms with E-state index >= 15 is 0 Å². The van der Waals surface area contributed by atoms with E-state index in [1.807, 2.05) is 0 Å². The molecule has 0 spiro atoms. The van der Waals surface area contributed by atoms with Crippen molar-refractivity contribution < 1.29 is 24.3 Å². The molecule has 16 heteroatoms. The number of nitrogens with zero attached hydrogens (tertiary/aromatic N) is 4. The number of thioether (sulfide) groups is 1. The number of nitrogen functional groups attached to an aromatic ring is 1. The number of amides is 2. The molecule has 2 aliphatic heterocycles. The first-order valence-corrected chi connectivity index (χ1v) is 12.8. The molecule has 1 fully saturated rings. The number of hydrogen-bond donors (Lipinski definition) is 3. The quantitative estimate of drug-likeness (QED) is 0.262. The number of carboxylic acids is 1. The van der Waals surface area contributed by atoms with E-state index < -0.39 is 29.2 Å². The molecule has 2 aromatic rings. The molecule has 2 aromatic heterocycles. The number of carbonyl (C=O) groups excluding carboxylic acids is 2. The minimum atomic E-state index is -1.27. The molecule has 11 nitrogen and oxygen atoms in total. The summed E-state index contributed by atoms with van der Waals surface area (Å²) in [6.07, 6.45) is 3.17. The van der Waals surface area contributed by atoms with E-state index in [-0.39, 0.29) is 37.6 Å². The highest BCUT2D eigenvalue weighted by molar-refractivity contribution is 8.00. The third-order valence-electron chi connectivity index (χ3n) is 4.67. The van der Waals surface area contributed by atoms with Crippen molar-refractivity contribution in [2.24, 2.45) is 5.16 Å². The van der Waals surface area contributed by atoms with Crippen LogP contribution in [0.1, 0.15) is 10.6 Å². The molecule has 2 amide bonds. The van der Waals surface area contributed by atoms with Gasteiger partial charge in [-0.25, -0.2) is 14.8 Å². The zero-order valence-corrected chi connectivity index (χ0v) is 21.0. The average Bonchev–Trinajstić information content (AvgIpc) is 3.36. The molecule has 178 valence electrons. The predicted octanol–water partition coefficient (Wildman–Crippen LogP) is 2.29. The summed E-state index contributed by atoms with van der Waals surface area (Å²) in [7, 11) is 1.27. The number of allylic oxidation sites excluding steroid dienone is 1. The minimum absolute atomic E-state index is 0.153. The lowest BCUT2D eigenvalue weighted by atomic mass is 10.0. The van der Waals surface area contributed by atoms with Crippen molar-refractivity contribution in [2.45, 2.75) is 11.4 Å². The fourth-order valence-corrected chi connectivity index (χ4v) is 6.38. The number of anilines is 1. The maximum absolute atomic E-state index is 12.9. The summed E-state index contributed by atoms with van der Waals surface area (Å²) in [5.41, 5.74) is 5.91. The summed E-state index contributed by atoms with van der Waals surface area (Å²) in [6, 6.07) is -0.954. The Labute approximate surface area is 214 Å². The Balaban J connectivity index is 1.54. The van der Waals surface area contributed by atoms with Crippen molar-refractivity contribution in [3.8, 4) is 0 Å². The highest BCUT2D eigenvalue weighted by Crippen LogP contribution is 2.41. The first kappa shape index (κ1) is 24.5. The number of thiazole rings is 2. The molecule has 1 saturated heterocycles. The molecule has 2 atom stereocenters. The molecule has 0 aliphatic carbocycles. The summed E-state index contributed by atoms with van der Waals surface area (Å²) in [5, 5.41) is 17.4. The van der Waals surface area contributed by atoms with Crippen LogP contribution < -0.4 is 11.1 Å². The second-order valence-electron chi connectivity index (χ2n) is 6.69. The number of halogens is 2. The predicted molar refractivity (Wildman–Crippen MR) is 131 cm³/mol. The van der Waals surface area contributed by atoms with Gasteiger partial charge in [0.1, 0.15) is 35.1 Å². The topological polar surface area (TPSA) is 160 Å². The summed E-state index contributed by atoms with van der Waals surface area (Å²) in [5.74, 6) is -2.25. The fourth-order valence-electron chi connectivity index (χ4n) is 3.24. The number of oxime groups is 1. The van der Waals surface area contributed by atoms with Crippen molar-refractivity contribution in [1.29, 1.82) is 0 Å². The first-order valence-electron chi connectivity index (χ1n) is 9.25. The van der Waals surface area contributed by atoms with Gasteiger partial charge in [-0.05, 0) is 11.6 Å². The van der Waals surface area contributed by atoms with Crippen LogP contribution in [0.3, 0.4) is 0 Å². The number of nitrogens with two attached hydrogens (primary N) is 1. The Morgan fingerprint density at radius 1 is 1.38 bits per heavy atom. The Hall–Kier alpha value is -2.65. The van der Waals surface area contributed by atoms with Gasteiger partial charge in [0.15, 0.2) is 15.3 Å². The van der Waals surface area contributed by atoms with Crippen LogP contribution in [-0.4, -0.2) is 67.7 Å². The molecule has 1 unspecified atom stereocenters. The smallest absolute Gasteiger partial charge is 0.352 e. The maximum Gasteiger partial charge on any atom is 0.352 e. The molecule has 0 radical (unpaired) electrons. The van der Waals surface area contributed by atoms with Gasteiger partial charge in [-0.3, -0.25) is 14.5 Å². The second-order valence-corrected chi connectivity index (χ2v) is 10.7. The Bertz CT molecular complexity index is 1270. The summed E-state index contributed by atoms with van der Waals surface area (Å²) in [6.45, 7) is 0. The monoisotopic (exact) mass is 560 g/mol. The van der Waals surface area contributed by atoms with Gasteiger partial charge >= 0.3 is 5.97 Å². The van der Waals surface area contributed by atoms with E-state index in [0.29, 0.717) is 10.5 Å². The third kappa shape index (κ3) is 4.63. The van der Waals surface area contributed by atoms with Crippen molar-refractivity contribution >= 4 is 92.3 Å². The lowest BCUT2D eigenvalue weighted by Crippen LogP contribution is -2.71. The molecule has 0 saturated carbocycles. The first-order chi connectivity index (χ1) is 16.2. The standard InChI is InChI=1S/C18H14Cl2N6O5S3/c1-31-25-9(7-5-33-18(21)22-7)13(27)23-10-14(28)26-11(16(29)30)6(4-32-15(10)26)2-3-8-12(19)24-17(20)34-8/h2-3,5,10,15H,4H2,1H3,(H2,21,22)(H,23,27)(H,29,30)/t10?,15-/m0/s1. The van der Waals surface area contributed by atoms with E-state index in [1.165, 1.54) is 24.3 Å². The molecule has 2 aliphatic rings. The van der Waals surface area contributed by atoms with E-state index in [9.17, 15) is 19.5 Å². The van der Waals surface area contributed by atoms with E-state index in [0.717, 1.165) is 27.6 Å². The zero-order chi connectivity index (χ0) is 24.6. The SMILES string of the molecule is CON=C(C(=O)NC1C(=O)N2C(C(=O)O)=C(C=Cc3sc(Cl)nc3Cl)CS[C@@H]12)c1csc(N)n1. The van der Waals surface area contributed by atoms with E-state index in [4.69, 9.17) is 33.8 Å². The lowest BCUT2D eigenvalue weighted by Gasteiger charge is -2.49. The van der Waals surface area contributed by atoms with Crippen molar-refractivity contribution in [3.63, 3.8) is 0 Å². The van der Waals surface area contributed by atoms with E-state index in [2.05, 4.69) is 20.4 Å². The number of β-lactam (4-membered cyclic amide) rings is 1. The lowest BCUT2D eigenvalue weighted by molar-refractivity contribution is -0.150. The molecule has 34 heavy (non-hydrogen) atoms. The summed E-state index contributed by atoms with van der Waals surface area (Å²) in [4.78, 5) is 52.0. The summed E-state index contributed by atoms with van der Waals surface area (Å²) >= 11 is 15.4. The number of aromatic nitrogens is 2. The molecule has 0 bridgehead atoms. The van der Waals surface area contributed by atoms with Gasteiger partial charge in [-0.1, -0.05) is 34.4 Å². The van der Waals surface area contributed by atoms with Crippen LogP contribution in [0.15, 0.2) is 27.9 Å². The zero-order valence-electron chi connectivity index (χ0n) is 17.0. The van der Waals surface area contributed by atoms with Gasteiger partial charge < -0.3 is 21.0 Å². The highest BCUT2D eigenvalue weighted by Gasteiger charge is 2.54. The molecule has 0 aromatic carbocycles. The second kappa shape index (κ2) is 9.92. The number of fused-ring (bicyclic) bond motifs is 1. The number of aliphatic carboxylic acids is 1. The fraction of sp³-hybridized carbons (Fsp3) is 0.222. The third-order valence-corrected chi connectivity index (χ3v) is 8.17. The van der Waals surface area contributed by atoms with Crippen molar-refractivity contribution in [3.05, 3.63) is 42.9 Å². The van der Waals surface area contributed by atoms with Gasteiger partial charge in [0, 0.05) is 11.1 Å². The molecule has 4 heterocycles. The maximum atomic E-state index is 12.9.